The predicted molar refractivity (Wildman–Crippen MR) is 95.1 cm³/mol. The van der Waals surface area contributed by atoms with Gasteiger partial charge in [0.05, 0.1) is 12.8 Å². The van der Waals surface area contributed by atoms with Gasteiger partial charge in [-0.3, -0.25) is 9.58 Å². The lowest BCUT2D eigenvalue weighted by atomic mass is 10.1. The van der Waals surface area contributed by atoms with E-state index in [9.17, 15) is 9.50 Å². The molecule has 1 aliphatic rings. The van der Waals surface area contributed by atoms with Crippen LogP contribution in [0.15, 0.2) is 24.5 Å². The standard InChI is InChI=1S/C18H26FN5O/c1-13-4-14(12-25)5-18(21-13)22(2)11-17-6-16(19)10-24(17)9-15-7-20-23(3)8-15/h4-5,7-8,16-17,25H,6,9-12H2,1-3H3/t16-,17-/m0/s1. The van der Waals surface area contributed by atoms with E-state index in [2.05, 4.69) is 15.0 Å². The Morgan fingerprint density at radius 1 is 1.36 bits per heavy atom. The van der Waals surface area contributed by atoms with E-state index in [4.69, 9.17) is 0 Å². The summed E-state index contributed by atoms with van der Waals surface area (Å²) in [6.45, 7) is 3.76. The van der Waals surface area contributed by atoms with E-state index in [1.807, 2.05) is 50.4 Å². The molecule has 0 radical (unpaired) electrons. The van der Waals surface area contributed by atoms with Crippen LogP contribution in [0.1, 0.15) is 23.2 Å². The van der Waals surface area contributed by atoms with Crippen molar-refractivity contribution in [3.05, 3.63) is 41.3 Å². The smallest absolute Gasteiger partial charge is 0.128 e. The SMILES string of the molecule is Cc1cc(CO)cc(N(C)C[C@@H]2C[C@H](F)CN2Cc2cnn(C)c2)n1. The minimum Gasteiger partial charge on any atom is -0.392 e. The van der Waals surface area contributed by atoms with E-state index in [0.717, 1.165) is 22.6 Å². The van der Waals surface area contributed by atoms with E-state index in [1.54, 1.807) is 4.68 Å². The molecule has 0 aromatic carbocycles. The fraction of sp³-hybridized carbons (Fsp3) is 0.556. The van der Waals surface area contributed by atoms with Crippen LogP contribution in [0, 0.1) is 6.92 Å². The molecule has 0 aliphatic carbocycles. The van der Waals surface area contributed by atoms with Gasteiger partial charge < -0.3 is 10.0 Å². The lowest BCUT2D eigenvalue weighted by Crippen LogP contribution is -2.38. The molecule has 7 heteroatoms. The number of anilines is 1. The first kappa shape index (κ1) is 17.8. The summed E-state index contributed by atoms with van der Waals surface area (Å²) in [6, 6.07) is 3.89. The Bertz CT molecular complexity index is 719. The Morgan fingerprint density at radius 2 is 2.16 bits per heavy atom. The summed E-state index contributed by atoms with van der Waals surface area (Å²) in [4.78, 5) is 8.77. The van der Waals surface area contributed by atoms with Crippen LogP contribution in [0.3, 0.4) is 0 Å². The molecule has 25 heavy (non-hydrogen) atoms. The van der Waals surface area contributed by atoms with Gasteiger partial charge in [-0.2, -0.15) is 5.10 Å². The molecule has 3 heterocycles. The normalized spacial score (nSPS) is 21.0. The minimum absolute atomic E-state index is 0.00663. The monoisotopic (exact) mass is 347 g/mol. The minimum atomic E-state index is -0.798. The summed E-state index contributed by atoms with van der Waals surface area (Å²) in [5.41, 5.74) is 2.81. The lowest BCUT2D eigenvalue weighted by Gasteiger charge is -2.29. The van der Waals surface area contributed by atoms with Crippen LogP contribution in [0.4, 0.5) is 10.2 Å². The van der Waals surface area contributed by atoms with E-state index in [1.165, 1.54) is 0 Å². The van der Waals surface area contributed by atoms with E-state index < -0.39 is 6.17 Å². The van der Waals surface area contributed by atoms with Gasteiger partial charge in [0.25, 0.3) is 0 Å². The average Bonchev–Trinajstić information content (AvgIpc) is 3.12. The number of nitrogens with zero attached hydrogens (tertiary/aromatic N) is 5. The summed E-state index contributed by atoms with van der Waals surface area (Å²) < 4.78 is 15.8. The maximum absolute atomic E-state index is 14.0. The zero-order valence-electron chi connectivity index (χ0n) is 15.1. The maximum Gasteiger partial charge on any atom is 0.128 e. The van der Waals surface area contributed by atoms with E-state index in [-0.39, 0.29) is 12.6 Å². The molecule has 2 atom stereocenters. The Morgan fingerprint density at radius 3 is 2.84 bits per heavy atom. The first-order valence-electron chi connectivity index (χ1n) is 8.60. The molecule has 136 valence electrons. The second-order valence-electron chi connectivity index (χ2n) is 6.95. The molecule has 2 aromatic rings. The van der Waals surface area contributed by atoms with Crippen LogP contribution in [0.2, 0.25) is 0 Å². The van der Waals surface area contributed by atoms with Crippen LogP contribution in [-0.2, 0) is 20.2 Å². The number of aromatic nitrogens is 3. The van der Waals surface area contributed by atoms with Crippen molar-refractivity contribution in [2.24, 2.45) is 7.05 Å². The number of aliphatic hydroxyl groups excluding tert-OH is 1. The molecular weight excluding hydrogens is 321 g/mol. The highest BCUT2D eigenvalue weighted by Gasteiger charge is 2.33. The Hall–Kier alpha value is -1.99. The molecule has 2 aromatic heterocycles. The highest BCUT2D eigenvalue weighted by molar-refractivity contribution is 5.42. The Labute approximate surface area is 147 Å². The van der Waals surface area contributed by atoms with Gasteiger partial charge in [0.15, 0.2) is 0 Å². The second kappa shape index (κ2) is 7.49. The molecule has 0 saturated carbocycles. The molecule has 1 saturated heterocycles. The molecule has 0 bridgehead atoms. The Kier molecular flexibility index (Phi) is 5.34. The summed E-state index contributed by atoms with van der Waals surface area (Å²) in [5.74, 6) is 0.813. The van der Waals surface area contributed by atoms with Gasteiger partial charge in [0.2, 0.25) is 0 Å². The van der Waals surface area contributed by atoms with Crippen LogP contribution in [0.25, 0.3) is 0 Å². The first-order chi connectivity index (χ1) is 11.9. The predicted octanol–water partition coefficient (Wildman–Crippen LogP) is 1.66. The number of likely N-dealkylation sites (N-methyl/N-ethyl adjacent to an activating group) is 1. The third-order valence-corrected chi connectivity index (χ3v) is 4.68. The second-order valence-corrected chi connectivity index (χ2v) is 6.95. The molecule has 1 aliphatic heterocycles. The molecule has 3 rings (SSSR count). The molecular formula is C18H26FN5O. The zero-order chi connectivity index (χ0) is 18.0. The fourth-order valence-corrected chi connectivity index (χ4v) is 3.51. The topological polar surface area (TPSA) is 57.4 Å². The number of aryl methyl sites for hydroxylation is 2. The largest absolute Gasteiger partial charge is 0.392 e. The number of alkyl halides is 1. The molecule has 0 amide bonds. The third kappa shape index (κ3) is 4.35. The van der Waals surface area contributed by atoms with Gasteiger partial charge >= 0.3 is 0 Å². The van der Waals surface area contributed by atoms with Gasteiger partial charge in [-0.05, 0) is 31.0 Å². The van der Waals surface area contributed by atoms with Crippen molar-refractivity contribution in [2.75, 3.05) is 25.0 Å². The van der Waals surface area contributed by atoms with Gasteiger partial charge in [-0.1, -0.05) is 0 Å². The molecule has 1 N–H and O–H groups in total. The molecule has 0 spiro atoms. The van der Waals surface area contributed by atoms with Crippen molar-refractivity contribution in [3.63, 3.8) is 0 Å². The van der Waals surface area contributed by atoms with Crippen molar-refractivity contribution in [2.45, 2.75) is 38.7 Å². The van der Waals surface area contributed by atoms with Gasteiger partial charge in [-0.15, -0.1) is 0 Å². The quantitative estimate of drug-likeness (QED) is 0.861. The highest BCUT2D eigenvalue weighted by Crippen LogP contribution is 2.25. The number of hydrogen-bond donors (Lipinski definition) is 1. The third-order valence-electron chi connectivity index (χ3n) is 4.68. The number of rotatable bonds is 6. The van der Waals surface area contributed by atoms with E-state index in [0.29, 0.717) is 26.1 Å². The number of aliphatic hydroxyl groups is 1. The summed E-state index contributed by atoms with van der Waals surface area (Å²) in [5, 5.41) is 13.6. The summed E-state index contributed by atoms with van der Waals surface area (Å²) >= 11 is 0. The first-order valence-corrected chi connectivity index (χ1v) is 8.60. The zero-order valence-corrected chi connectivity index (χ0v) is 15.1. The van der Waals surface area contributed by atoms with Gasteiger partial charge in [-0.25, -0.2) is 9.37 Å². The average molecular weight is 347 g/mol. The number of likely N-dealkylation sites (tertiary alicyclic amines) is 1. The number of halogens is 1. The van der Waals surface area contributed by atoms with Crippen molar-refractivity contribution >= 4 is 5.82 Å². The Balaban J connectivity index is 1.70. The maximum atomic E-state index is 14.0. The van der Waals surface area contributed by atoms with Crippen LogP contribution >= 0.6 is 0 Å². The molecule has 0 unspecified atom stereocenters. The number of pyridine rings is 1. The highest BCUT2D eigenvalue weighted by atomic mass is 19.1. The number of hydrogen-bond acceptors (Lipinski definition) is 5. The van der Waals surface area contributed by atoms with Crippen molar-refractivity contribution in [1.29, 1.82) is 0 Å². The van der Waals surface area contributed by atoms with Crippen molar-refractivity contribution in [1.82, 2.24) is 19.7 Å². The van der Waals surface area contributed by atoms with Gasteiger partial charge in [0.1, 0.15) is 12.0 Å². The van der Waals surface area contributed by atoms with Crippen LogP contribution < -0.4 is 4.90 Å². The van der Waals surface area contributed by atoms with Crippen LogP contribution in [-0.4, -0.2) is 57.1 Å². The summed E-state index contributed by atoms with van der Waals surface area (Å²) in [7, 11) is 3.86. The molecule has 6 nitrogen and oxygen atoms in total. The van der Waals surface area contributed by atoms with E-state index >= 15 is 0 Å². The van der Waals surface area contributed by atoms with Crippen LogP contribution in [0.5, 0.6) is 0 Å². The summed E-state index contributed by atoms with van der Waals surface area (Å²) in [6.07, 6.45) is 3.54. The van der Waals surface area contributed by atoms with Crippen molar-refractivity contribution in [3.8, 4) is 0 Å². The fourth-order valence-electron chi connectivity index (χ4n) is 3.51. The molecule has 1 fully saturated rings. The van der Waals surface area contributed by atoms with Gasteiger partial charge in [0, 0.05) is 57.2 Å². The lowest BCUT2D eigenvalue weighted by molar-refractivity contribution is 0.237. The van der Waals surface area contributed by atoms with Crippen molar-refractivity contribution < 1.29 is 9.50 Å².